The fourth-order valence-electron chi connectivity index (χ4n) is 2.32. The molecule has 0 radical (unpaired) electrons. The molecular formula is C15H18ClN3O. The largest absolute Gasteiger partial charge is 0.339 e. The predicted molar refractivity (Wildman–Crippen MR) is 78.3 cm³/mol. The maximum atomic E-state index is 12.3. The van der Waals surface area contributed by atoms with E-state index in [1.54, 1.807) is 0 Å². The van der Waals surface area contributed by atoms with Crippen LogP contribution >= 0.6 is 11.6 Å². The molecule has 1 unspecified atom stereocenters. The predicted octanol–water partition coefficient (Wildman–Crippen LogP) is 2.02. The molecule has 1 atom stereocenters. The zero-order chi connectivity index (χ0) is 14.4. The van der Waals surface area contributed by atoms with Gasteiger partial charge in [-0.25, -0.2) is 0 Å². The Kier molecular flexibility index (Phi) is 5.40. The van der Waals surface area contributed by atoms with Gasteiger partial charge in [-0.1, -0.05) is 30.3 Å². The van der Waals surface area contributed by atoms with Gasteiger partial charge in [0.1, 0.15) is 5.38 Å². The number of halogens is 1. The molecule has 0 bridgehead atoms. The summed E-state index contributed by atoms with van der Waals surface area (Å²) in [6.07, 6.45) is 0.538. The summed E-state index contributed by atoms with van der Waals surface area (Å²) in [7, 11) is 0. The number of hydrogen-bond acceptors (Lipinski definition) is 3. The van der Waals surface area contributed by atoms with Crippen molar-refractivity contribution in [3.63, 3.8) is 0 Å². The van der Waals surface area contributed by atoms with Crippen molar-refractivity contribution >= 4 is 17.5 Å². The third-order valence-corrected chi connectivity index (χ3v) is 3.97. The molecular weight excluding hydrogens is 274 g/mol. The van der Waals surface area contributed by atoms with Crippen LogP contribution in [0, 0.1) is 11.3 Å². The molecule has 1 heterocycles. The minimum absolute atomic E-state index is 0.0298. The van der Waals surface area contributed by atoms with E-state index < -0.39 is 5.38 Å². The lowest BCUT2D eigenvalue weighted by atomic mass is 10.1. The summed E-state index contributed by atoms with van der Waals surface area (Å²) in [4.78, 5) is 16.4. The molecule has 0 aromatic heterocycles. The number of carbonyl (C=O) groups is 1. The smallest absolute Gasteiger partial charge is 0.245 e. The van der Waals surface area contributed by atoms with E-state index in [4.69, 9.17) is 16.9 Å². The molecule has 1 saturated heterocycles. The van der Waals surface area contributed by atoms with Gasteiger partial charge in [-0.3, -0.25) is 9.69 Å². The molecule has 0 N–H and O–H groups in total. The number of piperazine rings is 1. The van der Waals surface area contributed by atoms with Crippen LogP contribution in [-0.2, 0) is 4.79 Å². The molecule has 0 aliphatic carbocycles. The van der Waals surface area contributed by atoms with Gasteiger partial charge in [0.15, 0.2) is 0 Å². The van der Waals surface area contributed by atoms with E-state index >= 15 is 0 Å². The third-order valence-electron chi connectivity index (χ3n) is 3.53. The van der Waals surface area contributed by atoms with Gasteiger partial charge in [0, 0.05) is 39.1 Å². The fraction of sp³-hybridized carbons (Fsp3) is 0.467. The topological polar surface area (TPSA) is 47.3 Å². The highest BCUT2D eigenvalue weighted by Gasteiger charge is 2.26. The summed E-state index contributed by atoms with van der Waals surface area (Å²) in [5.41, 5.74) is 0.839. The van der Waals surface area contributed by atoms with Gasteiger partial charge < -0.3 is 4.90 Å². The summed E-state index contributed by atoms with van der Waals surface area (Å²) in [5, 5.41) is 7.97. The summed E-state index contributed by atoms with van der Waals surface area (Å²) >= 11 is 6.26. The lowest BCUT2D eigenvalue weighted by molar-refractivity contribution is -0.132. The number of benzene rings is 1. The van der Waals surface area contributed by atoms with Crippen LogP contribution in [-0.4, -0.2) is 48.4 Å². The van der Waals surface area contributed by atoms with Gasteiger partial charge in [0.05, 0.1) is 6.07 Å². The highest BCUT2D eigenvalue weighted by Crippen LogP contribution is 2.23. The van der Waals surface area contributed by atoms with Gasteiger partial charge in [-0.15, -0.1) is 11.6 Å². The van der Waals surface area contributed by atoms with Crippen LogP contribution in [0.2, 0.25) is 0 Å². The van der Waals surface area contributed by atoms with Crippen molar-refractivity contribution in [2.75, 3.05) is 32.7 Å². The number of rotatable bonds is 4. The van der Waals surface area contributed by atoms with Gasteiger partial charge in [0.25, 0.3) is 0 Å². The van der Waals surface area contributed by atoms with E-state index in [9.17, 15) is 4.79 Å². The van der Waals surface area contributed by atoms with E-state index in [1.165, 1.54) is 0 Å². The Balaban J connectivity index is 1.87. The van der Waals surface area contributed by atoms with E-state index in [0.29, 0.717) is 19.5 Å². The summed E-state index contributed by atoms with van der Waals surface area (Å²) < 4.78 is 0. The molecule has 20 heavy (non-hydrogen) atoms. The first-order chi connectivity index (χ1) is 9.72. The normalized spacial score (nSPS) is 17.5. The zero-order valence-electron chi connectivity index (χ0n) is 11.3. The lowest BCUT2D eigenvalue weighted by Crippen LogP contribution is -2.49. The van der Waals surface area contributed by atoms with E-state index in [1.807, 2.05) is 35.2 Å². The van der Waals surface area contributed by atoms with Crippen LogP contribution in [0.3, 0.4) is 0 Å². The second kappa shape index (κ2) is 7.28. The summed E-state index contributed by atoms with van der Waals surface area (Å²) in [5.74, 6) is -0.0298. The molecule has 1 aromatic rings. The highest BCUT2D eigenvalue weighted by molar-refractivity contribution is 6.30. The number of nitriles is 1. The Bertz CT molecular complexity index is 478. The van der Waals surface area contributed by atoms with Gasteiger partial charge in [-0.2, -0.15) is 5.26 Å². The number of hydrogen-bond donors (Lipinski definition) is 0. The van der Waals surface area contributed by atoms with Crippen molar-refractivity contribution in [3.05, 3.63) is 35.9 Å². The molecule has 2 rings (SSSR count). The van der Waals surface area contributed by atoms with Crippen LogP contribution < -0.4 is 0 Å². The highest BCUT2D eigenvalue weighted by atomic mass is 35.5. The van der Waals surface area contributed by atoms with Crippen LogP contribution in [0.15, 0.2) is 30.3 Å². The lowest BCUT2D eigenvalue weighted by Gasteiger charge is -2.35. The third kappa shape index (κ3) is 3.72. The molecule has 106 valence electrons. The van der Waals surface area contributed by atoms with Gasteiger partial charge in [-0.05, 0) is 5.56 Å². The molecule has 1 aliphatic heterocycles. The molecule has 1 aromatic carbocycles. The standard InChI is InChI=1S/C15H18ClN3O/c16-14(13-5-2-1-3-6-13)15(20)19-11-9-18(10-12-19)8-4-7-17/h1-3,5-6,14H,4,8-12H2. The van der Waals surface area contributed by atoms with Crippen molar-refractivity contribution < 1.29 is 4.79 Å². The zero-order valence-corrected chi connectivity index (χ0v) is 12.1. The average Bonchev–Trinajstić information content (AvgIpc) is 2.53. The second-order valence-electron chi connectivity index (χ2n) is 4.85. The molecule has 0 spiro atoms. The molecule has 0 saturated carbocycles. The number of carbonyl (C=O) groups excluding carboxylic acids is 1. The Labute approximate surface area is 124 Å². The first-order valence-corrected chi connectivity index (χ1v) is 7.23. The average molecular weight is 292 g/mol. The number of amides is 1. The second-order valence-corrected chi connectivity index (χ2v) is 5.28. The molecule has 4 nitrogen and oxygen atoms in total. The molecule has 1 aliphatic rings. The molecule has 1 amide bonds. The summed E-state index contributed by atoms with van der Waals surface area (Å²) in [6, 6.07) is 11.6. The van der Waals surface area contributed by atoms with Crippen molar-refractivity contribution in [2.24, 2.45) is 0 Å². The number of nitrogens with zero attached hydrogens (tertiary/aromatic N) is 3. The number of alkyl halides is 1. The van der Waals surface area contributed by atoms with Crippen molar-refractivity contribution in [1.82, 2.24) is 9.80 Å². The van der Waals surface area contributed by atoms with E-state index in [0.717, 1.165) is 25.2 Å². The molecule has 1 fully saturated rings. The molecule has 5 heteroatoms. The van der Waals surface area contributed by atoms with E-state index in [2.05, 4.69) is 11.0 Å². The Morgan fingerprint density at radius 3 is 2.50 bits per heavy atom. The van der Waals surface area contributed by atoms with Crippen molar-refractivity contribution in [3.8, 4) is 6.07 Å². The Morgan fingerprint density at radius 2 is 1.90 bits per heavy atom. The van der Waals surface area contributed by atoms with Gasteiger partial charge >= 0.3 is 0 Å². The Hall–Kier alpha value is -1.57. The van der Waals surface area contributed by atoms with Crippen molar-refractivity contribution in [2.45, 2.75) is 11.8 Å². The fourth-order valence-corrected chi connectivity index (χ4v) is 2.61. The van der Waals surface area contributed by atoms with Crippen LogP contribution in [0.4, 0.5) is 0 Å². The summed E-state index contributed by atoms with van der Waals surface area (Å²) in [6.45, 7) is 3.76. The maximum Gasteiger partial charge on any atom is 0.245 e. The minimum atomic E-state index is -0.609. The first kappa shape index (κ1) is 14.8. The SMILES string of the molecule is N#CCCN1CCN(C(=O)C(Cl)c2ccccc2)CC1. The first-order valence-electron chi connectivity index (χ1n) is 6.79. The maximum absolute atomic E-state index is 12.3. The quantitative estimate of drug-likeness (QED) is 0.798. The van der Waals surface area contributed by atoms with E-state index in [-0.39, 0.29) is 5.91 Å². The van der Waals surface area contributed by atoms with Crippen LogP contribution in [0.5, 0.6) is 0 Å². The Morgan fingerprint density at radius 1 is 1.25 bits per heavy atom. The van der Waals surface area contributed by atoms with Crippen molar-refractivity contribution in [1.29, 1.82) is 5.26 Å². The van der Waals surface area contributed by atoms with Crippen LogP contribution in [0.1, 0.15) is 17.4 Å². The monoisotopic (exact) mass is 291 g/mol. The van der Waals surface area contributed by atoms with Crippen LogP contribution in [0.25, 0.3) is 0 Å². The minimum Gasteiger partial charge on any atom is -0.339 e. The van der Waals surface area contributed by atoms with Gasteiger partial charge in [0.2, 0.25) is 5.91 Å².